The molecule has 1 aromatic heterocycles. The maximum absolute atomic E-state index is 13.3. The van der Waals surface area contributed by atoms with Gasteiger partial charge in [0.05, 0.1) is 19.2 Å². The molecular weight excluding hydrogens is 440 g/mol. The quantitative estimate of drug-likeness (QED) is 0.626. The summed E-state index contributed by atoms with van der Waals surface area (Å²) in [7, 11) is 1.53. The monoisotopic (exact) mass is 466 g/mol. The van der Waals surface area contributed by atoms with Crippen LogP contribution in [-0.4, -0.2) is 88.8 Å². The van der Waals surface area contributed by atoms with Crippen LogP contribution >= 0.6 is 0 Å². The summed E-state index contributed by atoms with van der Waals surface area (Å²) in [6, 6.07) is 4.96. The Morgan fingerprint density at radius 2 is 1.79 bits per heavy atom. The molecule has 4 rings (SSSR count). The Bertz CT molecular complexity index is 1060. The van der Waals surface area contributed by atoms with Crippen molar-refractivity contribution in [3.8, 4) is 5.75 Å². The summed E-state index contributed by atoms with van der Waals surface area (Å²) in [5.41, 5.74) is 0.688. The smallest absolute Gasteiger partial charge is 0.257 e. The van der Waals surface area contributed by atoms with Gasteiger partial charge in [0.25, 0.3) is 11.8 Å². The third kappa shape index (κ3) is 4.98. The number of methoxy groups -OCH3 is 1. The fourth-order valence-electron chi connectivity index (χ4n) is 4.10. The summed E-state index contributed by atoms with van der Waals surface area (Å²) in [5, 5.41) is 5.50. The van der Waals surface area contributed by atoms with Crippen LogP contribution in [0.5, 0.6) is 5.75 Å². The van der Waals surface area contributed by atoms with Crippen LogP contribution in [0.4, 0.5) is 0 Å². The van der Waals surface area contributed by atoms with E-state index in [0.29, 0.717) is 29.8 Å². The molecule has 1 aromatic carbocycles. The van der Waals surface area contributed by atoms with Crippen LogP contribution in [0.1, 0.15) is 33.6 Å². The first-order chi connectivity index (χ1) is 16.5. The maximum atomic E-state index is 13.3. The van der Waals surface area contributed by atoms with Crippen LogP contribution in [0, 0.1) is 0 Å². The van der Waals surface area contributed by atoms with Crippen LogP contribution in [0.25, 0.3) is 0 Å². The Hall–Kier alpha value is -4.02. The first kappa shape index (κ1) is 23.1. The number of hydrogen-bond donors (Lipinski definition) is 2. The molecule has 0 spiro atoms. The summed E-state index contributed by atoms with van der Waals surface area (Å²) in [4.78, 5) is 62.5. The first-order valence-electron chi connectivity index (χ1n) is 11.1. The highest BCUT2D eigenvalue weighted by Gasteiger charge is 2.39. The lowest BCUT2D eigenvalue weighted by Crippen LogP contribution is -2.63. The number of nitrogens with one attached hydrogen (secondary N) is 2. The number of piperidine rings is 1. The van der Waals surface area contributed by atoms with Gasteiger partial charge in [-0.3, -0.25) is 19.2 Å². The van der Waals surface area contributed by atoms with Gasteiger partial charge in [0, 0.05) is 37.6 Å². The van der Waals surface area contributed by atoms with E-state index >= 15 is 0 Å². The Morgan fingerprint density at radius 1 is 1.06 bits per heavy atom. The minimum atomic E-state index is -0.966. The van der Waals surface area contributed by atoms with Gasteiger partial charge in [0.15, 0.2) is 0 Å². The van der Waals surface area contributed by atoms with Crippen LogP contribution < -0.4 is 15.4 Å². The van der Waals surface area contributed by atoms with Crippen LogP contribution in [0.2, 0.25) is 0 Å². The molecule has 0 saturated carbocycles. The third-order valence-corrected chi connectivity index (χ3v) is 5.98. The van der Waals surface area contributed by atoms with Gasteiger partial charge in [-0.05, 0) is 37.1 Å². The van der Waals surface area contributed by atoms with Crippen molar-refractivity contribution in [1.29, 1.82) is 0 Å². The number of ether oxygens (including phenoxy) is 1. The van der Waals surface area contributed by atoms with E-state index in [4.69, 9.17) is 4.74 Å². The van der Waals surface area contributed by atoms with Crippen molar-refractivity contribution in [2.24, 2.45) is 0 Å². The molecule has 0 aliphatic carbocycles. The number of nitrogens with zero attached hydrogens (tertiary/aromatic N) is 4. The van der Waals surface area contributed by atoms with Crippen molar-refractivity contribution in [3.05, 3.63) is 54.1 Å². The standard InChI is InChI=1S/C23H26N6O5/c1-34-17-6-4-15(5-7-17)23(33)29-10-9-28(22(32)16-11-24-14-25-12-16)13-19(29)21(31)27-18-3-2-8-26-20(18)30/h4-7,11-12,14,18-19H,2-3,8-10,13H2,1H3,(H,26,30)(H,27,31)/t18-,19-/m1/s1. The fourth-order valence-corrected chi connectivity index (χ4v) is 4.10. The van der Waals surface area contributed by atoms with Gasteiger partial charge in [-0.2, -0.15) is 0 Å². The predicted octanol–water partition coefficient (Wildman–Crippen LogP) is -0.153. The molecule has 4 amide bonds. The zero-order valence-corrected chi connectivity index (χ0v) is 18.8. The predicted molar refractivity (Wildman–Crippen MR) is 120 cm³/mol. The first-order valence-corrected chi connectivity index (χ1v) is 11.1. The number of carbonyl (C=O) groups is 4. The van der Waals surface area contributed by atoms with Gasteiger partial charge in [-0.15, -0.1) is 0 Å². The van der Waals surface area contributed by atoms with Gasteiger partial charge >= 0.3 is 0 Å². The number of benzene rings is 1. The molecule has 11 heteroatoms. The largest absolute Gasteiger partial charge is 0.497 e. The molecule has 34 heavy (non-hydrogen) atoms. The van der Waals surface area contributed by atoms with E-state index in [0.717, 1.165) is 6.42 Å². The summed E-state index contributed by atoms with van der Waals surface area (Å²) >= 11 is 0. The van der Waals surface area contributed by atoms with E-state index in [1.165, 1.54) is 35.6 Å². The third-order valence-electron chi connectivity index (χ3n) is 5.98. The summed E-state index contributed by atoms with van der Waals surface area (Å²) < 4.78 is 5.15. The van der Waals surface area contributed by atoms with Crippen molar-refractivity contribution in [3.63, 3.8) is 0 Å². The zero-order chi connectivity index (χ0) is 24.1. The van der Waals surface area contributed by atoms with Crippen molar-refractivity contribution in [1.82, 2.24) is 30.4 Å². The van der Waals surface area contributed by atoms with Crippen molar-refractivity contribution < 1.29 is 23.9 Å². The highest BCUT2D eigenvalue weighted by atomic mass is 16.5. The lowest BCUT2D eigenvalue weighted by atomic mass is 10.0. The second-order valence-electron chi connectivity index (χ2n) is 8.12. The molecule has 178 valence electrons. The molecule has 2 aliphatic heterocycles. The van der Waals surface area contributed by atoms with E-state index in [9.17, 15) is 19.2 Å². The minimum absolute atomic E-state index is 0.0181. The second kappa shape index (κ2) is 10.3. The van der Waals surface area contributed by atoms with E-state index in [1.807, 2.05) is 0 Å². The van der Waals surface area contributed by atoms with E-state index in [2.05, 4.69) is 20.6 Å². The van der Waals surface area contributed by atoms with Crippen molar-refractivity contribution >= 4 is 23.6 Å². The average molecular weight is 466 g/mol. The van der Waals surface area contributed by atoms with E-state index < -0.39 is 18.0 Å². The lowest BCUT2D eigenvalue weighted by Gasteiger charge is -2.41. The van der Waals surface area contributed by atoms with Crippen LogP contribution in [0.3, 0.4) is 0 Å². The molecule has 0 unspecified atom stereocenters. The van der Waals surface area contributed by atoms with Gasteiger partial charge in [0.2, 0.25) is 11.8 Å². The van der Waals surface area contributed by atoms with Gasteiger partial charge < -0.3 is 25.2 Å². The molecule has 0 bridgehead atoms. The average Bonchev–Trinajstić information content (AvgIpc) is 2.89. The number of rotatable bonds is 5. The normalized spacial score (nSPS) is 20.3. The van der Waals surface area contributed by atoms with Gasteiger partial charge in [-0.1, -0.05) is 0 Å². The molecule has 2 aromatic rings. The number of carbonyl (C=O) groups excluding carboxylic acids is 4. The number of hydrogen-bond acceptors (Lipinski definition) is 7. The molecule has 2 atom stereocenters. The number of piperazine rings is 1. The lowest BCUT2D eigenvalue weighted by molar-refractivity contribution is -0.133. The summed E-state index contributed by atoms with van der Waals surface area (Å²) in [5.74, 6) is -0.797. The highest BCUT2D eigenvalue weighted by molar-refractivity contribution is 6.00. The van der Waals surface area contributed by atoms with Crippen LogP contribution in [-0.2, 0) is 9.59 Å². The van der Waals surface area contributed by atoms with Crippen molar-refractivity contribution in [2.75, 3.05) is 33.3 Å². The Labute approximate surface area is 196 Å². The van der Waals surface area contributed by atoms with Crippen molar-refractivity contribution in [2.45, 2.75) is 24.9 Å². The molecule has 11 nitrogen and oxygen atoms in total. The van der Waals surface area contributed by atoms with E-state index in [1.54, 1.807) is 24.3 Å². The summed E-state index contributed by atoms with van der Waals surface area (Å²) in [6.07, 6.45) is 5.40. The molecule has 2 fully saturated rings. The molecule has 0 radical (unpaired) electrons. The van der Waals surface area contributed by atoms with Gasteiger partial charge in [0.1, 0.15) is 24.2 Å². The van der Waals surface area contributed by atoms with E-state index in [-0.39, 0.29) is 37.4 Å². The Morgan fingerprint density at radius 3 is 2.47 bits per heavy atom. The molecule has 2 saturated heterocycles. The number of aromatic nitrogens is 2. The molecule has 2 aliphatic rings. The van der Waals surface area contributed by atoms with Crippen LogP contribution in [0.15, 0.2) is 43.0 Å². The minimum Gasteiger partial charge on any atom is -0.497 e. The SMILES string of the molecule is COc1ccc(C(=O)N2CCN(C(=O)c3cncnc3)C[C@@H]2C(=O)N[C@@H]2CCCNC2=O)cc1. The zero-order valence-electron chi connectivity index (χ0n) is 18.8. The topological polar surface area (TPSA) is 134 Å². The second-order valence-corrected chi connectivity index (χ2v) is 8.12. The number of amides is 4. The maximum Gasteiger partial charge on any atom is 0.257 e. The molecular formula is C23H26N6O5. The Balaban J connectivity index is 1.56. The summed E-state index contributed by atoms with van der Waals surface area (Å²) in [6.45, 7) is 0.941. The van der Waals surface area contributed by atoms with Gasteiger partial charge in [-0.25, -0.2) is 9.97 Å². The Kier molecular flexibility index (Phi) is 7.00. The molecule has 2 N–H and O–H groups in total. The fraction of sp³-hybridized carbons (Fsp3) is 0.391. The molecule has 3 heterocycles. The highest BCUT2D eigenvalue weighted by Crippen LogP contribution is 2.19.